The van der Waals surface area contributed by atoms with Crippen LogP contribution in [0.4, 0.5) is 0 Å². The maximum absolute atomic E-state index is 8.81. The molecule has 1 rings (SSSR count). The van der Waals surface area contributed by atoms with Crippen LogP contribution in [-0.2, 0) is 9.47 Å². The fourth-order valence-corrected chi connectivity index (χ4v) is 1.93. The van der Waals surface area contributed by atoms with E-state index in [4.69, 9.17) is 14.6 Å². The molecule has 0 radical (unpaired) electrons. The van der Waals surface area contributed by atoms with Gasteiger partial charge in [0.25, 0.3) is 0 Å². The predicted molar refractivity (Wildman–Crippen MR) is 68.6 cm³/mol. The summed E-state index contributed by atoms with van der Waals surface area (Å²) in [7, 11) is 0. The molecule has 3 atom stereocenters. The Morgan fingerprint density at radius 2 is 2.00 bits per heavy atom. The molecule has 1 aliphatic rings. The van der Waals surface area contributed by atoms with Crippen molar-refractivity contribution in [2.45, 2.75) is 51.6 Å². The second-order valence-electron chi connectivity index (χ2n) is 5.08. The molecule has 1 fully saturated rings. The number of rotatable bonds is 6. The van der Waals surface area contributed by atoms with Crippen LogP contribution in [0, 0.1) is 5.92 Å². The molecule has 0 aromatic heterocycles. The van der Waals surface area contributed by atoms with Crippen LogP contribution in [0.15, 0.2) is 24.8 Å². The van der Waals surface area contributed by atoms with Crippen LogP contribution in [-0.4, -0.2) is 29.7 Å². The Bertz CT molecular complexity index is 271. The van der Waals surface area contributed by atoms with Crippen LogP contribution in [0.25, 0.3) is 0 Å². The minimum Gasteiger partial charge on any atom is -0.396 e. The molecular formula is C14H24O3. The standard InChI is InChI=1S/C14H24O3/c1-5-12-13(17-14(3,4)16-12)8-6-7-11(2)9-10-15/h5-6,8,11-13,15H,1,7,9-10H2,2-4H3/b8-6+/t11-,12-,13-/m0/s1. The largest absolute Gasteiger partial charge is 0.396 e. The van der Waals surface area contributed by atoms with Crippen molar-refractivity contribution < 1.29 is 14.6 Å². The number of aliphatic hydroxyl groups excluding tert-OH is 1. The van der Waals surface area contributed by atoms with Gasteiger partial charge in [-0.05, 0) is 32.6 Å². The number of allylic oxidation sites excluding steroid dienone is 1. The zero-order valence-corrected chi connectivity index (χ0v) is 11.1. The number of aliphatic hydroxyl groups is 1. The molecule has 0 spiro atoms. The highest BCUT2D eigenvalue weighted by atomic mass is 16.7. The van der Waals surface area contributed by atoms with E-state index in [9.17, 15) is 0 Å². The molecule has 98 valence electrons. The zero-order chi connectivity index (χ0) is 12.9. The third kappa shape index (κ3) is 4.62. The lowest BCUT2D eigenvalue weighted by molar-refractivity contribution is -0.138. The molecular weight excluding hydrogens is 216 g/mol. The Balaban J connectivity index is 2.45. The second kappa shape index (κ2) is 6.34. The molecule has 0 aromatic rings. The second-order valence-corrected chi connectivity index (χ2v) is 5.08. The summed E-state index contributed by atoms with van der Waals surface area (Å²) in [6.45, 7) is 9.95. The van der Waals surface area contributed by atoms with E-state index in [1.807, 2.05) is 19.9 Å². The van der Waals surface area contributed by atoms with Gasteiger partial charge >= 0.3 is 0 Å². The summed E-state index contributed by atoms with van der Waals surface area (Å²) in [6.07, 6.45) is 7.58. The van der Waals surface area contributed by atoms with E-state index in [1.165, 1.54) is 0 Å². The fourth-order valence-electron chi connectivity index (χ4n) is 1.93. The zero-order valence-electron chi connectivity index (χ0n) is 11.1. The SMILES string of the molecule is C=C[C@@H]1OC(C)(C)O[C@H]1/C=C/C[C@H](C)CCO. The van der Waals surface area contributed by atoms with Crippen LogP contribution in [0.5, 0.6) is 0 Å². The van der Waals surface area contributed by atoms with Crippen LogP contribution in [0.2, 0.25) is 0 Å². The summed E-state index contributed by atoms with van der Waals surface area (Å²) in [5, 5.41) is 8.81. The molecule has 1 N–H and O–H groups in total. The van der Waals surface area contributed by atoms with Crippen molar-refractivity contribution in [1.82, 2.24) is 0 Å². The van der Waals surface area contributed by atoms with Gasteiger partial charge in [-0.2, -0.15) is 0 Å². The third-order valence-corrected chi connectivity index (χ3v) is 2.88. The van der Waals surface area contributed by atoms with E-state index in [0.717, 1.165) is 12.8 Å². The lowest BCUT2D eigenvalue weighted by atomic mass is 10.0. The maximum Gasteiger partial charge on any atom is 0.164 e. The molecule has 17 heavy (non-hydrogen) atoms. The van der Waals surface area contributed by atoms with Crippen LogP contribution < -0.4 is 0 Å². The van der Waals surface area contributed by atoms with Gasteiger partial charge in [-0.15, -0.1) is 6.58 Å². The van der Waals surface area contributed by atoms with Gasteiger partial charge in [0.1, 0.15) is 12.2 Å². The van der Waals surface area contributed by atoms with Crippen molar-refractivity contribution in [1.29, 1.82) is 0 Å². The summed E-state index contributed by atoms with van der Waals surface area (Å²) in [4.78, 5) is 0. The van der Waals surface area contributed by atoms with Gasteiger partial charge < -0.3 is 14.6 Å². The number of hydrogen-bond acceptors (Lipinski definition) is 3. The highest BCUT2D eigenvalue weighted by Gasteiger charge is 2.38. The Morgan fingerprint density at radius 1 is 1.35 bits per heavy atom. The summed E-state index contributed by atoms with van der Waals surface area (Å²) >= 11 is 0. The molecule has 0 aromatic carbocycles. The van der Waals surface area contributed by atoms with Gasteiger partial charge in [-0.3, -0.25) is 0 Å². The maximum atomic E-state index is 8.81. The summed E-state index contributed by atoms with van der Waals surface area (Å²) in [5.74, 6) is -0.0429. The van der Waals surface area contributed by atoms with Gasteiger partial charge in [0.2, 0.25) is 0 Å². The van der Waals surface area contributed by atoms with Crippen LogP contribution in [0.3, 0.4) is 0 Å². The fraction of sp³-hybridized carbons (Fsp3) is 0.714. The Hall–Kier alpha value is -0.640. The van der Waals surface area contributed by atoms with E-state index in [1.54, 1.807) is 6.08 Å². The molecule has 1 aliphatic heterocycles. The van der Waals surface area contributed by atoms with E-state index in [0.29, 0.717) is 5.92 Å². The van der Waals surface area contributed by atoms with Gasteiger partial charge in [-0.1, -0.05) is 25.2 Å². The van der Waals surface area contributed by atoms with E-state index in [-0.39, 0.29) is 18.8 Å². The Labute approximate surface area is 104 Å². The van der Waals surface area contributed by atoms with E-state index in [2.05, 4.69) is 19.6 Å². The van der Waals surface area contributed by atoms with E-state index < -0.39 is 5.79 Å². The summed E-state index contributed by atoms with van der Waals surface area (Å²) in [5.41, 5.74) is 0. The third-order valence-electron chi connectivity index (χ3n) is 2.88. The van der Waals surface area contributed by atoms with Crippen molar-refractivity contribution in [3.63, 3.8) is 0 Å². The first-order valence-corrected chi connectivity index (χ1v) is 6.24. The molecule has 0 amide bonds. The van der Waals surface area contributed by atoms with Gasteiger partial charge in [-0.25, -0.2) is 0 Å². The average molecular weight is 240 g/mol. The highest BCUT2D eigenvalue weighted by molar-refractivity contribution is 5.04. The van der Waals surface area contributed by atoms with Crippen molar-refractivity contribution in [3.05, 3.63) is 24.8 Å². The monoisotopic (exact) mass is 240 g/mol. The number of hydrogen-bond donors (Lipinski definition) is 1. The topological polar surface area (TPSA) is 38.7 Å². The smallest absolute Gasteiger partial charge is 0.164 e. The van der Waals surface area contributed by atoms with Crippen molar-refractivity contribution in [3.8, 4) is 0 Å². The van der Waals surface area contributed by atoms with Crippen LogP contribution in [0.1, 0.15) is 33.6 Å². The first-order valence-electron chi connectivity index (χ1n) is 6.24. The molecule has 3 heteroatoms. The molecule has 1 saturated heterocycles. The minimum atomic E-state index is -0.537. The quantitative estimate of drug-likeness (QED) is 0.725. The van der Waals surface area contributed by atoms with Crippen molar-refractivity contribution in [2.75, 3.05) is 6.61 Å². The molecule has 3 nitrogen and oxygen atoms in total. The average Bonchev–Trinajstić information content (AvgIpc) is 2.54. The number of ether oxygens (including phenoxy) is 2. The molecule has 0 saturated carbocycles. The first-order chi connectivity index (χ1) is 7.98. The van der Waals surface area contributed by atoms with Gasteiger partial charge in [0.15, 0.2) is 5.79 Å². The highest BCUT2D eigenvalue weighted by Crippen LogP contribution is 2.29. The minimum absolute atomic E-state index is 0.0520. The lowest BCUT2D eigenvalue weighted by Crippen LogP contribution is -2.20. The van der Waals surface area contributed by atoms with Gasteiger partial charge in [0, 0.05) is 6.61 Å². The predicted octanol–water partition coefficient (Wildman–Crippen LogP) is 2.66. The first kappa shape index (κ1) is 14.4. The van der Waals surface area contributed by atoms with E-state index >= 15 is 0 Å². The van der Waals surface area contributed by atoms with Crippen molar-refractivity contribution in [2.24, 2.45) is 5.92 Å². The molecule has 0 aliphatic carbocycles. The Kier molecular flexibility index (Phi) is 5.37. The lowest BCUT2D eigenvalue weighted by Gasteiger charge is -2.15. The normalized spacial score (nSPS) is 29.6. The van der Waals surface area contributed by atoms with Gasteiger partial charge in [0.05, 0.1) is 0 Å². The van der Waals surface area contributed by atoms with Crippen molar-refractivity contribution >= 4 is 0 Å². The Morgan fingerprint density at radius 3 is 2.59 bits per heavy atom. The van der Waals surface area contributed by atoms with Crippen LogP contribution >= 0.6 is 0 Å². The summed E-state index contributed by atoms with van der Waals surface area (Å²) < 4.78 is 11.4. The molecule has 0 unspecified atom stereocenters. The molecule has 1 heterocycles. The molecule has 0 bridgehead atoms. The summed E-state index contributed by atoms with van der Waals surface area (Å²) in [6, 6.07) is 0.